The van der Waals surface area contributed by atoms with E-state index in [9.17, 15) is 9.59 Å². The number of halogens is 1. The fraction of sp³-hybridized carbons (Fsp3) is 0.200. The summed E-state index contributed by atoms with van der Waals surface area (Å²) in [5.41, 5.74) is 5.38. The summed E-state index contributed by atoms with van der Waals surface area (Å²) in [6.07, 6.45) is -0.251. The van der Waals surface area contributed by atoms with E-state index in [4.69, 9.17) is 22.4 Å². The molecular weight excluding hydrogens is 218 g/mol. The molecular formula is C10H10ClNO3. The highest BCUT2D eigenvalue weighted by Crippen LogP contribution is 2.26. The van der Waals surface area contributed by atoms with Gasteiger partial charge in [0, 0.05) is 11.4 Å². The molecule has 5 heteroatoms. The Labute approximate surface area is 91.7 Å². The standard InChI is InChI=1S/C10H10ClNO3/c11-8-4-2-1-3-6(8)7(10(14)15)5-9(12)13/h1-4,7H,5H2,(H2,12,13)(H,14,15)/t7-/m1/s1. The summed E-state index contributed by atoms with van der Waals surface area (Å²) in [6, 6.07) is 6.50. The largest absolute Gasteiger partial charge is 0.481 e. The van der Waals surface area contributed by atoms with E-state index in [0.29, 0.717) is 10.6 Å². The number of benzene rings is 1. The first-order valence-electron chi connectivity index (χ1n) is 4.28. The van der Waals surface area contributed by atoms with Gasteiger partial charge in [0.1, 0.15) is 0 Å². The SMILES string of the molecule is NC(=O)C[C@@H](C(=O)O)c1ccccc1Cl. The van der Waals surface area contributed by atoms with E-state index >= 15 is 0 Å². The molecule has 1 amide bonds. The molecule has 0 spiro atoms. The number of hydrogen-bond donors (Lipinski definition) is 2. The Morgan fingerprint density at radius 3 is 2.47 bits per heavy atom. The van der Waals surface area contributed by atoms with Crippen molar-refractivity contribution < 1.29 is 14.7 Å². The Morgan fingerprint density at radius 1 is 1.40 bits per heavy atom. The first-order chi connectivity index (χ1) is 7.02. The van der Waals surface area contributed by atoms with Gasteiger partial charge in [-0.05, 0) is 11.6 Å². The van der Waals surface area contributed by atoms with Crippen LogP contribution in [0.15, 0.2) is 24.3 Å². The van der Waals surface area contributed by atoms with E-state index in [1.165, 1.54) is 0 Å². The predicted octanol–water partition coefficient (Wildman–Crippen LogP) is 1.38. The van der Waals surface area contributed by atoms with Gasteiger partial charge in [0.25, 0.3) is 0 Å². The van der Waals surface area contributed by atoms with Crippen LogP contribution in [-0.4, -0.2) is 17.0 Å². The summed E-state index contributed by atoms with van der Waals surface area (Å²) in [5.74, 6) is -2.75. The van der Waals surface area contributed by atoms with Crippen molar-refractivity contribution in [2.24, 2.45) is 5.73 Å². The first kappa shape index (κ1) is 11.5. The molecule has 0 bridgehead atoms. The number of carbonyl (C=O) groups is 2. The first-order valence-corrected chi connectivity index (χ1v) is 4.65. The van der Waals surface area contributed by atoms with Crippen molar-refractivity contribution in [3.63, 3.8) is 0 Å². The fourth-order valence-electron chi connectivity index (χ4n) is 1.29. The third-order valence-electron chi connectivity index (χ3n) is 1.98. The van der Waals surface area contributed by atoms with Gasteiger partial charge in [-0.15, -0.1) is 0 Å². The molecule has 1 atom stereocenters. The van der Waals surface area contributed by atoms with Gasteiger partial charge in [-0.3, -0.25) is 9.59 Å². The molecule has 15 heavy (non-hydrogen) atoms. The maximum Gasteiger partial charge on any atom is 0.311 e. The summed E-state index contributed by atoms with van der Waals surface area (Å²) < 4.78 is 0. The molecule has 0 aliphatic heterocycles. The number of nitrogens with two attached hydrogens (primary N) is 1. The molecule has 4 nitrogen and oxygen atoms in total. The second-order valence-electron chi connectivity index (χ2n) is 3.08. The van der Waals surface area contributed by atoms with Crippen LogP contribution in [0.2, 0.25) is 5.02 Å². The van der Waals surface area contributed by atoms with Crippen LogP contribution in [0, 0.1) is 0 Å². The van der Waals surface area contributed by atoms with Gasteiger partial charge in [-0.25, -0.2) is 0 Å². The van der Waals surface area contributed by atoms with Crippen LogP contribution in [0.5, 0.6) is 0 Å². The summed E-state index contributed by atoms with van der Waals surface area (Å²) in [6.45, 7) is 0. The zero-order chi connectivity index (χ0) is 11.4. The molecule has 0 unspecified atom stereocenters. The third-order valence-corrected chi connectivity index (χ3v) is 2.33. The third kappa shape index (κ3) is 2.95. The molecule has 0 fully saturated rings. The maximum atomic E-state index is 10.9. The Hall–Kier alpha value is -1.55. The van der Waals surface area contributed by atoms with Gasteiger partial charge in [0.15, 0.2) is 0 Å². The van der Waals surface area contributed by atoms with Gasteiger partial charge in [-0.2, -0.15) is 0 Å². The summed E-state index contributed by atoms with van der Waals surface area (Å²) >= 11 is 5.83. The minimum Gasteiger partial charge on any atom is -0.481 e. The quantitative estimate of drug-likeness (QED) is 0.816. The topological polar surface area (TPSA) is 80.4 Å². The number of carboxylic acids is 1. The molecule has 1 aromatic carbocycles. The lowest BCUT2D eigenvalue weighted by molar-refractivity contribution is -0.140. The second kappa shape index (κ2) is 4.79. The van der Waals surface area contributed by atoms with Gasteiger partial charge >= 0.3 is 5.97 Å². The molecule has 0 saturated heterocycles. The molecule has 0 aliphatic rings. The maximum absolute atomic E-state index is 10.9. The summed E-state index contributed by atoms with van der Waals surface area (Å²) in [7, 11) is 0. The summed E-state index contributed by atoms with van der Waals surface area (Å²) in [5, 5.41) is 9.26. The van der Waals surface area contributed by atoms with Crippen molar-refractivity contribution in [1.82, 2.24) is 0 Å². The predicted molar refractivity (Wildman–Crippen MR) is 55.6 cm³/mol. The van der Waals surface area contributed by atoms with Crippen molar-refractivity contribution in [3.05, 3.63) is 34.9 Å². The highest BCUT2D eigenvalue weighted by Gasteiger charge is 2.23. The molecule has 1 aromatic rings. The van der Waals surface area contributed by atoms with E-state index in [0.717, 1.165) is 0 Å². The van der Waals surface area contributed by atoms with Gasteiger partial charge < -0.3 is 10.8 Å². The fourth-order valence-corrected chi connectivity index (χ4v) is 1.56. The number of primary amides is 1. The molecule has 3 N–H and O–H groups in total. The van der Waals surface area contributed by atoms with E-state index < -0.39 is 17.8 Å². The number of hydrogen-bond acceptors (Lipinski definition) is 2. The zero-order valence-corrected chi connectivity index (χ0v) is 8.57. The van der Waals surface area contributed by atoms with Crippen LogP contribution in [-0.2, 0) is 9.59 Å². The molecule has 0 aliphatic carbocycles. The minimum absolute atomic E-state index is 0.251. The van der Waals surface area contributed by atoms with Crippen LogP contribution in [0.4, 0.5) is 0 Å². The number of carboxylic acid groups (broad SMARTS) is 1. The molecule has 0 saturated carbocycles. The van der Waals surface area contributed by atoms with E-state index in [1.807, 2.05) is 0 Å². The Morgan fingerprint density at radius 2 is 2.00 bits per heavy atom. The average Bonchev–Trinajstić information content (AvgIpc) is 2.15. The lowest BCUT2D eigenvalue weighted by Gasteiger charge is -2.11. The molecule has 80 valence electrons. The smallest absolute Gasteiger partial charge is 0.311 e. The van der Waals surface area contributed by atoms with Crippen molar-refractivity contribution in [3.8, 4) is 0 Å². The highest BCUT2D eigenvalue weighted by molar-refractivity contribution is 6.31. The molecule has 1 rings (SSSR count). The number of rotatable bonds is 4. The monoisotopic (exact) mass is 227 g/mol. The van der Waals surface area contributed by atoms with E-state index in [1.54, 1.807) is 24.3 Å². The number of amides is 1. The molecule has 0 heterocycles. The number of carbonyl (C=O) groups excluding carboxylic acids is 1. The Bertz CT molecular complexity index is 392. The van der Waals surface area contributed by atoms with Crippen molar-refractivity contribution >= 4 is 23.5 Å². The number of aliphatic carboxylic acids is 1. The Balaban J connectivity index is 3.04. The normalized spacial score (nSPS) is 12.1. The van der Waals surface area contributed by atoms with Crippen LogP contribution in [0.25, 0.3) is 0 Å². The lowest BCUT2D eigenvalue weighted by Crippen LogP contribution is -2.21. The minimum atomic E-state index is -1.11. The van der Waals surface area contributed by atoms with Gasteiger partial charge in [0.05, 0.1) is 5.92 Å². The van der Waals surface area contributed by atoms with Crippen molar-refractivity contribution in [1.29, 1.82) is 0 Å². The van der Waals surface area contributed by atoms with Crippen LogP contribution < -0.4 is 5.73 Å². The summed E-state index contributed by atoms with van der Waals surface area (Å²) in [4.78, 5) is 21.6. The van der Waals surface area contributed by atoms with Crippen molar-refractivity contribution in [2.75, 3.05) is 0 Å². The highest BCUT2D eigenvalue weighted by atomic mass is 35.5. The second-order valence-corrected chi connectivity index (χ2v) is 3.49. The van der Waals surface area contributed by atoms with E-state index in [-0.39, 0.29) is 6.42 Å². The zero-order valence-electron chi connectivity index (χ0n) is 7.81. The van der Waals surface area contributed by atoms with Gasteiger partial charge in [-0.1, -0.05) is 29.8 Å². The van der Waals surface area contributed by atoms with Crippen LogP contribution in [0.1, 0.15) is 17.9 Å². The van der Waals surface area contributed by atoms with Crippen molar-refractivity contribution in [2.45, 2.75) is 12.3 Å². The average molecular weight is 228 g/mol. The molecule has 0 aromatic heterocycles. The van der Waals surface area contributed by atoms with E-state index in [2.05, 4.69) is 0 Å². The Kier molecular flexibility index (Phi) is 3.68. The van der Waals surface area contributed by atoms with Gasteiger partial charge in [0.2, 0.25) is 5.91 Å². The van der Waals surface area contributed by atoms with Crippen LogP contribution >= 0.6 is 11.6 Å². The lowest BCUT2D eigenvalue weighted by atomic mass is 9.95. The van der Waals surface area contributed by atoms with Crippen LogP contribution in [0.3, 0.4) is 0 Å². The molecule has 0 radical (unpaired) electrons.